The molecule has 0 unspecified atom stereocenters. The summed E-state index contributed by atoms with van der Waals surface area (Å²) in [4.78, 5) is 28.0. The first-order chi connectivity index (χ1) is 18.2. The fraction of sp³-hybridized carbons (Fsp3) is 0.500. The molecule has 38 heavy (non-hydrogen) atoms. The van der Waals surface area contributed by atoms with Crippen LogP contribution in [0.1, 0.15) is 50.2 Å². The van der Waals surface area contributed by atoms with Crippen LogP contribution in [0.15, 0.2) is 53.4 Å². The Morgan fingerprint density at radius 2 is 1.71 bits per heavy atom. The minimum Gasteiger partial charge on any atom is -0.376 e. The van der Waals surface area contributed by atoms with Gasteiger partial charge in [0.1, 0.15) is 11.9 Å². The number of rotatable bonds is 11. The van der Waals surface area contributed by atoms with E-state index in [1.807, 2.05) is 0 Å². The Bertz CT molecular complexity index is 1190. The maximum Gasteiger partial charge on any atom is 0.243 e. The topological polar surface area (TPSA) is 96.0 Å². The van der Waals surface area contributed by atoms with Crippen LogP contribution in [0.2, 0.25) is 0 Å². The molecule has 2 saturated heterocycles. The van der Waals surface area contributed by atoms with Crippen LogP contribution in [0.5, 0.6) is 0 Å². The zero-order valence-corrected chi connectivity index (χ0v) is 22.6. The van der Waals surface area contributed by atoms with Crippen LogP contribution in [0, 0.1) is 5.82 Å². The van der Waals surface area contributed by atoms with E-state index in [0.717, 1.165) is 36.8 Å². The van der Waals surface area contributed by atoms with Crippen molar-refractivity contribution in [3.05, 3.63) is 65.5 Å². The van der Waals surface area contributed by atoms with Gasteiger partial charge in [0, 0.05) is 39.2 Å². The highest BCUT2D eigenvalue weighted by atomic mass is 32.2. The Labute approximate surface area is 224 Å². The predicted octanol–water partition coefficient (Wildman–Crippen LogP) is 3.26. The number of sulfonamides is 1. The quantitative estimate of drug-likeness (QED) is 0.468. The third-order valence-corrected chi connectivity index (χ3v) is 9.13. The van der Waals surface area contributed by atoms with E-state index in [1.165, 1.54) is 21.3 Å². The van der Waals surface area contributed by atoms with Crippen molar-refractivity contribution in [2.45, 2.75) is 69.0 Å². The van der Waals surface area contributed by atoms with Gasteiger partial charge in [0.15, 0.2) is 0 Å². The lowest BCUT2D eigenvalue weighted by molar-refractivity contribution is -0.140. The lowest BCUT2D eigenvalue weighted by atomic mass is 10.1. The SMILES string of the molecule is C[C@H](C(=O)NC[C@@H]1CCCO1)N(Cc1ccc(F)cc1)C(=O)CCc1ccc(S(=O)(=O)N2CCCC2)cc1. The lowest BCUT2D eigenvalue weighted by Crippen LogP contribution is -2.49. The molecule has 4 rings (SSSR count). The largest absolute Gasteiger partial charge is 0.376 e. The van der Waals surface area contributed by atoms with E-state index >= 15 is 0 Å². The summed E-state index contributed by atoms with van der Waals surface area (Å²) in [5, 5.41) is 2.89. The Morgan fingerprint density at radius 3 is 2.34 bits per heavy atom. The normalized spacial score (nSPS) is 18.8. The standard InChI is InChI=1S/C28H36FN3O5S/c1-21(28(34)30-19-25-5-4-18-37-25)32(20-23-6-11-24(29)12-7-23)27(33)15-10-22-8-13-26(14-9-22)38(35,36)31-16-2-3-17-31/h6-9,11-14,21,25H,2-5,10,15-20H2,1H3,(H,30,34)/t21-,25+/m1/s1. The van der Waals surface area contributed by atoms with Crippen molar-refractivity contribution >= 4 is 21.8 Å². The molecule has 0 bridgehead atoms. The van der Waals surface area contributed by atoms with Gasteiger partial charge in [0.05, 0.1) is 11.0 Å². The smallest absolute Gasteiger partial charge is 0.243 e. The number of nitrogens with one attached hydrogen (secondary N) is 1. The lowest BCUT2D eigenvalue weighted by Gasteiger charge is -2.29. The monoisotopic (exact) mass is 545 g/mol. The van der Waals surface area contributed by atoms with E-state index in [9.17, 15) is 22.4 Å². The molecule has 2 fully saturated rings. The number of halogens is 1. The highest BCUT2D eigenvalue weighted by Crippen LogP contribution is 2.22. The number of hydrogen-bond acceptors (Lipinski definition) is 5. The van der Waals surface area contributed by atoms with Crippen LogP contribution in [0.4, 0.5) is 4.39 Å². The Kier molecular flexibility index (Phi) is 9.51. The first kappa shape index (κ1) is 28.2. The third kappa shape index (κ3) is 7.18. The molecular weight excluding hydrogens is 509 g/mol. The van der Waals surface area contributed by atoms with Crippen molar-refractivity contribution in [3.8, 4) is 0 Å². The van der Waals surface area contributed by atoms with Gasteiger partial charge >= 0.3 is 0 Å². The molecule has 8 nitrogen and oxygen atoms in total. The number of ether oxygens (including phenoxy) is 1. The average molecular weight is 546 g/mol. The van der Waals surface area contributed by atoms with Gasteiger partial charge in [-0.15, -0.1) is 0 Å². The van der Waals surface area contributed by atoms with Crippen molar-refractivity contribution in [1.29, 1.82) is 0 Å². The number of aryl methyl sites for hydroxylation is 1. The second-order valence-electron chi connectivity index (χ2n) is 9.96. The molecule has 10 heteroatoms. The number of carbonyl (C=O) groups is 2. The molecule has 2 atom stereocenters. The van der Waals surface area contributed by atoms with Gasteiger partial charge in [0.25, 0.3) is 0 Å². The molecule has 1 N–H and O–H groups in total. The van der Waals surface area contributed by atoms with Gasteiger partial charge in [-0.25, -0.2) is 12.8 Å². The summed E-state index contributed by atoms with van der Waals surface area (Å²) in [5.41, 5.74) is 1.55. The zero-order valence-electron chi connectivity index (χ0n) is 21.8. The van der Waals surface area contributed by atoms with Crippen LogP contribution < -0.4 is 5.32 Å². The van der Waals surface area contributed by atoms with Crippen LogP contribution >= 0.6 is 0 Å². The zero-order chi connectivity index (χ0) is 27.1. The first-order valence-corrected chi connectivity index (χ1v) is 14.7. The minimum absolute atomic E-state index is 0.00958. The van der Waals surface area contributed by atoms with Crippen molar-refractivity contribution in [1.82, 2.24) is 14.5 Å². The highest BCUT2D eigenvalue weighted by molar-refractivity contribution is 7.89. The molecule has 2 heterocycles. The maximum absolute atomic E-state index is 13.4. The van der Waals surface area contributed by atoms with E-state index in [-0.39, 0.29) is 41.6 Å². The van der Waals surface area contributed by atoms with E-state index in [2.05, 4.69) is 5.32 Å². The number of amides is 2. The molecular formula is C28H36FN3O5S. The van der Waals surface area contributed by atoms with Crippen LogP contribution in [-0.4, -0.2) is 67.8 Å². The summed E-state index contributed by atoms with van der Waals surface area (Å²) in [6, 6.07) is 11.8. The summed E-state index contributed by atoms with van der Waals surface area (Å²) < 4.78 is 46.0. The van der Waals surface area contributed by atoms with Gasteiger partial charge in [-0.1, -0.05) is 24.3 Å². The molecule has 0 saturated carbocycles. The minimum atomic E-state index is -3.49. The molecule has 0 radical (unpaired) electrons. The predicted molar refractivity (Wildman–Crippen MR) is 141 cm³/mol. The van der Waals surface area contributed by atoms with Gasteiger partial charge in [-0.2, -0.15) is 4.31 Å². The van der Waals surface area contributed by atoms with Crippen LogP contribution in [0.3, 0.4) is 0 Å². The van der Waals surface area contributed by atoms with Gasteiger partial charge < -0.3 is 15.0 Å². The third-order valence-electron chi connectivity index (χ3n) is 7.22. The fourth-order valence-corrected chi connectivity index (χ4v) is 6.35. The van der Waals surface area contributed by atoms with Crippen molar-refractivity contribution in [2.75, 3.05) is 26.2 Å². The summed E-state index contributed by atoms with van der Waals surface area (Å²) in [5.74, 6) is -0.862. The van der Waals surface area contributed by atoms with Crippen molar-refractivity contribution in [2.24, 2.45) is 0 Å². The van der Waals surface area contributed by atoms with Crippen LogP contribution in [0.25, 0.3) is 0 Å². The van der Waals surface area contributed by atoms with Crippen LogP contribution in [-0.2, 0) is 37.3 Å². The molecule has 206 valence electrons. The maximum atomic E-state index is 13.4. The Morgan fingerprint density at radius 1 is 1.05 bits per heavy atom. The van der Waals surface area contributed by atoms with Gasteiger partial charge in [0.2, 0.25) is 21.8 Å². The van der Waals surface area contributed by atoms with Gasteiger partial charge in [-0.05, 0) is 74.4 Å². The van der Waals surface area contributed by atoms with E-state index in [4.69, 9.17) is 4.74 Å². The summed E-state index contributed by atoms with van der Waals surface area (Å²) in [6.07, 6.45) is 4.14. The molecule has 2 aliphatic rings. The molecule has 2 aliphatic heterocycles. The van der Waals surface area contributed by atoms with E-state index in [1.54, 1.807) is 43.3 Å². The fourth-order valence-electron chi connectivity index (χ4n) is 4.84. The number of carbonyl (C=O) groups excluding carboxylic acids is 2. The first-order valence-electron chi connectivity index (χ1n) is 13.3. The molecule has 0 aliphatic carbocycles. The Balaban J connectivity index is 1.40. The average Bonchev–Trinajstić information content (AvgIpc) is 3.65. The number of nitrogens with zero attached hydrogens (tertiary/aromatic N) is 2. The van der Waals surface area contributed by atoms with E-state index < -0.39 is 16.1 Å². The summed E-state index contributed by atoms with van der Waals surface area (Å²) in [6.45, 7) is 4.03. The number of hydrogen-bond donors (Lipinski definition) is 1. The summed E-state index contributed by atoms with van der Waals surface area (Å²) >= 11 is 0. The molecule has 2 aromatic carbocycles. The Hall–Kier alpha value is -2.82. The summed E-state index contributed by atoms with van der Waals surface area (Å²) in [7, 11) is -3.49. The van der Waals surface area contributed by atoms with Crippen molar-refractivity contribution in [3.63, 3.8) is 0 Å². The molecule has 0 spiro atoms. The van der Waals surface area contributed by atoms with Crippen molar-refractivity contribution < 1.29 is 27.1 Å². The van der Waals surface area contributed by atoms with E-state index in [0.29, 0.717) is 32.7 Å². The second-order valence-corrected chi connectivity index (χ2v) is 11.9. The van der Waals surface area contributed by atoms with Gasteiger partial charge in [-0.3, -0.25) is 9.59 Å². The molecule has 2 amide bonds. The molecule has 2 aromatic rings. The second kappa shape index (κ2) is 12.8. The molecule has 0 aromatic heterocycles. The number of benzene rings is 2. The highest BCUT2D eigenvalue weighted by Gasteiger charge is 2.28.